The van der Waals surface area contributed by atoms with Crippen LogP contribution in [0.15, 0.2) is 16.6 Å². The fraction of sp³-hybridized carbons (Fsp3) is 0.333. The molecule has 0 bridgehead atoms. The number of rotatable bonds is 1. The van der Waals surface area contributed by atoms with Crippen LogP contribution in [0.1, 0.15) is 16.7 Å². The predicted octanol–water partition coefficient (Wildman–Crippen LogP) is 3.95. The van der Waals surface area contributed by atoms with Gasteiger partial charge in [0.05, 0.1) is 11.1 Å². The molecule has 0 saturated heterocycles. The molecule has 1 rings (SSSR count). The average Bonchev–Trinajstić information content (AvgIpc) is 2.13. The molecular weight excluding hydrogens is 316 g/mol. The third-order valence-electron chi connectivity index (χ3n) is 2.03. The Morgan fingerprint density at radius 3 is 1.88 bits per heavy atom. The van der Waals surface area contributed by atoms with Gasteiger partial charge in [0.25, 0.3) is 0 Å². The Labute approximate surface area is 101 Å². The van der Waals surface area contributed by atoms with E-state index < -0.39 is 28.0 Å². The van der Waals surface area contributed by atoms with Crippen LogP contribution in [0.4, 0.5) is 26.3 Å². The van der Waals surface area contributed by atoms with Crippen molar-refractivity contribution in [2.45, 2.75) is 18.9 Å². The number of hydrogen-bond acceptors (Lipinski definition) is 1. The van der Waals surface area contributed by atoms with E-state index in [1.54, 1.807) is 0 Å². The largest absolute Gasteiger partial charge is 0.418 e. The summed E-state index contributed by atoms with van der Waals surface area (Å²) in [7, 11) is 0. The fourth-order valence-electron chi connectivity index (χ4n) is 1.29. The maximum atomic E-state index is 12.6. The van der Waals surface area contributed by atoms with Crippen molar-refractivity contribution < 1.29 is 26.3 Å². The highest BCUT2D eigenvalue weighted by Crippen LogP contribution is 2.44. The van der Waals surface area contributed by atoms with E-state index in [2.05, 4.69) is 15.9 Å². The Bertz CT molecular complexity index is 423. The Morgan fingerprint density at radius 2 is 1.53 bits per heavy atom. The van der Waals surface area contributed by atoms with Crippen LogP contribution < -0.4 is 5.73 Å². The first-order chi connectivity index (χ1) is 7.59. The second-order valence-corrected chi connectivity index (χ2v) is 3.95. The van der Waals surface area contributed by atoms with Gasteiger partial charge in [-0.2, -0.15) is 26.3 Å². The van der Waals surface area contributed by atoms with Crippen LogP contribution in [0.3, 0.4) is 0 Å². The van der Waals surface area contributed by atoms with Crippen molar-refractivity contribution in [2.75, 3.05) is 0 Å². The fourth-order valence-corrected chi connectivity index (χ4v) is 2.02. The molecule has 0 saturated carbocycles. The van der Waals surface area contributed by atoms with Crippen molar-refractivity contribution in [2.24, 2.45) is 5.73 Å². The van der Waals surface area contributed by atoms with E-state index in [-0.39, 0.29) is 12.1 Å². The summed E-state index contributed by atoms with van der Waals surface area (Å²) in [5.74, 6) is 0. The van der Waals surface area contributed by atoms with Gasteiger partial charge in [-0.25, -0.2) is 0 Å². The van der Waals surface area contributed by atoms with Crippen LogP contribution in [-0.2, 0) is 18.9 Å². The number of nitrogens with two attached hydrogens (primary N) is 1. The molecule has 96 valence electrons. The summed E-state index contributed by atoms with van der Waals surface area (Å²) in [4.78, 5) is 0. The molecule has 0 heterocycles. The third-order valence-corrected chi connectivity index (χ3v) is 2.94. The SMILES string of the molecule is NCc1ccc(C(F)(F)F)c(C(F)(F)F)c1Br. The highest BCUT2D eigenvalue weighted by molar-refractivity contribution is 9.10. The van der Waals surface area contributed by atoms with Crippen LogP contribution in [0.25, 0.3) is 0 Å². The van der Waals surface area contributed by atoms with Crippen molar-refractivity contribution in [1.82, 2.24) is 0 Å². The minimum atomic E-state index is -5.10. The Morgan fingerprint density at radius 1 is 1.00 bits per heavy atom. The Balaban J connectivity index is 3.59. The number of benzene rings is 1. The van der Waals surface area contributed by atoms with Crippen molar-refractivity contribution in [1.29, 1.82) is 0 Å². The molecule has 0 spiro atoms. The molecule has 0 aromatic heterocycles. The lowest BCUT2D eigenvalue weighted by atomic mass is 10.0. The quantitative estimate of drug-likeness (QED) is 0.779. The summed E-state index contributed by atoms with van der Waals surface area (Å²) >= 11 is 2.52. The van der Waals surface area contributed by atoms with Gasteiger partial charge in [0, 0.05) is 11.0 Å². The lowest BCUT2D eigenvalue weighted by molar-refractivity contribution is -0.162. The molecule has 0 radical (unpaired) electrons. The molecule has 2 N–H and O–H groups in total. The monoisotopic (exact) mass is 321 g/mol. The first kappa shape index (κ1) is 14.3. The predicted molar refractivity (Wildman–Crippen MR) is 52.0 cm³/mol. The van der Waals surface area contributed by atoms with E-state index in [1.165, 1.54) is 0 Å². The Hall–Kier alpha value is -0.760. The Kier molecular flexibility index (Phi) is 3.78. The highest BCUT2D eigenvalue weighted by atomic mass is 79.9. The van der Waals surface area contributed by atoms with Crippen LogP contribution in [0.2, 0.25) is 0 Å². The molecule has 0 aliphatic heterocycles. The van der Waals surface area contributed by atoms with Crippen LogP contribution in [-0.4, -0.2) is 0 Å². The highest BCUT2D eigenvalue weighted by Gasteiger charge is 2.44. The number of alkyl halides is 6. The first-order valence-electron chi connectivity index (χ1n) is 4.25. The lowest BCUT2D eigenvalue weighted by Crippen LogP contribution is -2.18. The van der Waals surface area contributed by atoms with Gasteiger partial charge < -0.3 is 5.73 Å². The van der Waals surface area contributed by atoms with Gasteiger partial charge in [0.15, 0.2) is 0 Å². The molecule has 0 amide bonds. The zero-order chi connectivity index (χ0) is 13.4. The van der Waals surface area contributed by atoms with Crippen LogP contribution in [0.5, 0.6) is 0 Å². The molecule has 1 aromatic carbocycles. The number of hydrogen-bond donors (Lipinski definition) is 1. The molecule has 1 nitrogen and oxygen atoms in total. The minimum Gasteiger partial charge on any atom is -0.326 e. The van der Waals surface area contributed by atoms with E-state index in [0.29, 0.717) is 6.07 Å². The van der Waals surface area contributed by atoms with Crippen LogP contribution >= 0.6 is 15.9 Å². The molecular formula is C9H6BrF6N. The molecule has 1 aromatic rings. The topological polar surface area (TPSA) is 26.0 Å². The van der Waals surface area contributed by atoms with Crippen LogP contribution in [0, 0.1) is 0 Å². The van der Waals surface area contributed by atoms with Crippen molar-refractivity contribution >= 4 is 15.9 Å². The van der Waals surface area contributed by atoms with Gasteiger partial charge >= 0.3 is 12.4 Å². The normalized spacial score (nSPS) is 12.9. The lowest BCUT2D eigenvalue weighted by Gasteiger charge is -2.18. The van der Waals surface area contributed by atoms with Gasteiger partial charge in [0.1, 0.15) is 0 Å². The average molecular weight is 322 g/mol. The summed E-state index contributed by atoms with van der Waals surface area (Å²) in [6.45, 7) is -0.290. The van der Waals surface area contributed by atoms with Gasteiger partial charge in [-0.15, -0.1) is 0 Å². The molecule has 0 atom stereocenters. The molecule has 0 aliphatic rings. The third kappa shape index (κ3) is 2.92. The molecule has 17 heavy (non-hydrogen) atoms. The molecule has 0 fully saturated rings. The molecule has 8 heteroatoms. The zero-order valence-electron chi connectivity index (χ0n) is 8.08. The van der Waals surface area contributed by atoms with E-state index in [4.69, 9.17) is 5.73 Å². The summed E-state index contributed by atoms with van der Waals surface area (Å²) < 4.78 is 74.4. The molecule has 0 aliphatic carbocycles. The second-order valence-electron chi connectivity index (χ2n) is 3.16. The zero-order valence-corrected chi connectivity index (χ0v) is 9.67. The van der Waals surface area contributed by atoms with E-state index in [0.717, 1.165) is 6.07 Å². The maximum Gasteiger partial charge on any atom is 0.418 e. The summed E-state index contributed by atoms with van der Waals surface area (Å²) in [6, 6.07) is 1.30. The van der Waals surface area contributed by atoms with Crippen molar-refractivity contribution in [3.8, 4) is 0 Å². The van der Waals surface area contributed by atoms with E-state index in [1.807, 2.05) is 0 Å². The van der Waals surface area contributed by atoms with E-state index >= 15 is 0 Å². The summed E-state index contributed by atoms with van der Waals surface area (Å²) in [5, 5.41) is 0. The van der Waals surface area contributed by atoms with Crippen molar-refractivity contribution in [3.05, 3.63) is 33.3 Å². The van der Waals surface area contributed by atoms with Gasteiger partial charge in [0.2, 0.25) is 0 Å². The van der Waals surface area contributed by atoms with Gasteiger partial charge in [-0.1, -0.05) is 6.07 Å². The summed E-state index contributed by atoms with van der Waals surface area (Å²) in [5.41, 5.74) is 1.64. The second kappa shape index (κ2) is 4.49. The maximum absolute atomic E-state index is 12.6. The summed E-state index contributed by atoms with van der Waals surface area (Å²) in [6.07, 6.45) is -10.2. The molecule has 0 unspecified atom stereocenters. The van der Waals surface area contributed by atoms with Crippen molar-refractivity contribution in [3.63, 3.8) is 0 Å². The van der Waals surface area contributed by atoms with E-state index in [9.17, 15) is 26.3 Å². The first-order valence-corrected chi connectivity index (χ1v) is 5.04. The van der Waals surface area contributed by atoms with Gasteiger partial charge in [-0.3, -0.25) is 0 Å². The minimum absolute atomic E-state index is 0.0367. The smallest absolute Gasteiger partial charge is 0.326 e. The standard InChI is InChI=1S/C9H6BrF6N/c10-7-4(3-17)1-2-5(8(11,12)13)6(7)9(14,15)16/h1-2H,3,17H2. The number of halogens is 7. The van der Waals surface area contributed by atoms with Gasteiger partial charge in [-0.05, 0) is 27.6 Å².